The van der Waals surface area contributed by atoms with Gasteiger partial charge in [0.25, 0.3) is 0 Å². The molecule has 25 heavy (non-hydrogen) atoms. The highest BCUT2D eigenvalue weighted by atomic mass is 16.5. The molecule has 0 aliphatic carbocycles. The summed E-state index contributed by atoms with van der Waals surface area (Å²) < 4.78 is 5.80. The summed E-state index contributed by atoms with van der Waals surface area (Å²) in [4.78, 5) is 21.6. The van der Waals surface area contributed by atoms with Gasteiger partial charge in [-0.15, -0.1) is 0 Å². The monoisotopic (exact) mass is 337 g/mol. The fourth-order valence-electron chi connectivity index (χ4n) is 3.74. The Labute approximate surface area is 148 Å². The van der Waals surface area contributed by atoms with Gasteiger partial charge in [-0.1, -0.05) is 24.3 Å². The van der Waals surface area contributed by atoms with E-state index in [1.807, 2.05) is 41.3 Å². The second-order valence-electron chi connectivity index (χ2n) is 6.67. The molecular formula is C20H23N3O2. The number of carbonyl (C=O) groups is 1. The maximum atomic E-state index is 12.9. The molecule has 4 rings (SSSR count). The Kier molecular flexibility index (Phi) is 4.65. The Morgan fingerprint density at radius 1 is 1.16 bits per heavy atom. The summed E-state index contributed by atoms with van der Waals surface area (Å²) in [6.07, 6.45) is 3.84. The number of para-hydroxylation sites is 1. The molecule has 5 nitrogen and oxygen atoms in total. The van der Waals surface area contributed by atoms with Gasteiger partial charge in [-0.05, 0) is 31.0 Å². The Balaban J connectivity index is 1.45. The third-order valence-corrected chi connectivity index (χ3v) is 4.99. The van der Waals surface area contributed by atoms with Crippen molar-refractivity contribution in [1.29, 1.82) is 0 Å². The number of likely N-dealkylation sites (tertiary alicyclic amines) is 1. The number of amides is 1. The smallest absolute Gasteiger partial charge is 0.237 e. The molecule has 3 heterocycles. The number of nitrogens with zero attached hydrogens (tertiary/aromatic N) is 3. The zero-order valence-electron chi connectivity index (χ0n) is 14.3. The topological polar surface area (TPSA) is 45.7 Å². The lowest BCUT2D eigenvalue weighted by atomic mass is 10.1. The zero-order chi connectivity index (χ0) is 17.1. The predicted octanol–water partition coefficient (Wildman–Crippen LogP) is 2.64. The number of ether oxygens (including phenoxy) is 1. The molecule has 2 aromatic rings. The molecule has 1 fully saturated rings. The first-order valence-corrected chi connectivity index (χ1v) is 8.95. The fourth-order valence-corrected chi connectivity index (χ4v) is 3.74. The SMILES string of the molecule is O=C(CN1CCOc2ccccc2C1)N1CCCC1c1ccccn1. The third kappa shape index (κ3) is 3.51. The highest BCUT2D eigenvalue weighted by molar-refractivity contribution is 5.79. The van der Waals surface area contributed by atoms with Crippen molar-refractivity contribution in [2.24, 2.45) is 0 Å². The van der Waals surface area contributed by atoms with Gasteiger partial charge >= 0.3 is 0 Å². The molecule has 0 radical (unpaired) electrons. The van der Waals surface area contributed by atoms with Crippen LogP contribution < -0.4 is 4.74 Å². The van der Waals surface area contributed by atoms with E-state index in [0.29, 0.717) is 13.2 Å². The predicted molar refractivity (Wildman–Crippen MR) is 95.1 cm³/mol. The number of pyridine rings is 1. The molecule has 5 heteroatoms. The molecule has 0 saturated carbocycles. The number of hydrogen-bond acceptors (Lipinski definition) is 4. The molecular weight excluding hydrogens is 314 g/mol. The van der Waals surface area contributed by atoms with Crippen LogP contribution in [0.2, 0.25) is 0 Å². The lowest BCUT2D eigenvalue weighted by Gasteiger charge is -2.27. The summed E-state index contributed by atoms with van der Waals surface area (Å²) in [5.74, 6) is 1.12. The number of fused-ring (bicyclic) bond motifs is 1. The number of rotatable bonds is 3. The maximum Gasteiger partial charge on any atom is 0.237 e. The summed E-state index contributed by atoms with van der Waals surface area (Å²) in [6.45, 7) is 3.39. The molecule has 130 valence electrons. The zero-order valence-corrected chi connectivity index (χ0v) is 14.3. The fraction of sp³-hybridized carbons (Fsp3) is 0.400. The van der Waals surface area contributed by atoms with Crippen molar-refractivity contribution in [2.45, 2.75) is 25.4 Å². The Bertz CT molecular complexity index is 735. The van der Waals surface area contributed by atoms with Gasteiger partial charge in [0, 0.05) is 31.4 Å². The van der Waals surface area contributed by atoms with Gasteiger partial charge < -0.3 is 9.64 Å². The second kappa shape index (κ2) is 7.23. The van der Waals surface area contributed by atoms with Crippen molar-refractivity contribution in [1.82, 2.24) is 14.8 Å². The summed E-state index contributed by atoms with van der Waals surface area (Å²) in [5, 5.41) is 0. The largest absolute Gasteiger partial charge is 0.492 e. The highest BCUT2D eigenvalue weighted by Gasteiger charge is 2.31. The van der Waals surface area contributed by atoms with Crippen LogP contribution in [0.3, 0.4) is 0 Å². The van der Waals surface area contributed by atoms with Gasteiger partial charge in [0.2, 0.25) is 5.91 Å². The van der Waals surface area contributed by atoms with Crippen LogP contribution in [0.5, 0.6) is 5.75 Å². The Hall–Kier alpha value is -2.40. The lowest BCUT2D eigenvalue weighted by Crippen LogP contribution is -2.40. The van der Waals surface area contributed by atoms with Crippen LogP contribution in [0.25, 0.3) is 0 Å². The van der Waals surface area contributed by atoms with Crippen molar-refractivity contribution >= 4 is 5.91 Å². The van der Waals surface area contributed by atoms with Crippen molar-refractivity contribution in [3.05, 3.63) is 59.9 Å². The van der Waals surface area contributed by atoms with Gasteiger partial charge in [0.1, 0.15) is 12.4 Å². The highest BCUT2D eigenvalue weighted by Crippen LogP contribution is 2.31. The number of aromatic nitrogens is 1. The van der Waals surface area contributed by atoms with Gasteiger partial charge in [-0.25, -0.2) is 0 Å². The van der Waals surface area contributed by atoms with Crippen LogP contribution in [0.4, 0.5) is 0 Å². The number of carbonyl (C=O) groups excluding carboxylic acids is 1. The molecule has 2 aliphatic rings. The third-order valence-electron chi connectivity index (χ3n) is 4.99. The maximum absolute atomic E-state index is 12.9. The van der Waals surface area contributed by atoms with E-state index in [2.05, 4.69) is 16.0 Å². The Morgan fingerprint density at radius 3 is 2.92 bits per heavy atom. The van der Waals surface area contributed by atoms with E-state index in [9.17, 15) is 4.79 Å². The van der Waals surface area contributed by atoms with E-state index in [1.165, 1.54) is 0 Å². The first kappa shape index (κ1) is 16.1. The van der Waals surface area contributed by atoms with Crippen LogP contribution in [0.1, 0.15) is 30.1 Å². The van der Waals surface area contributed by atoms with Crippen LogP contribution >= 0.6 is 0 Å². The lowest BCUT2D eigenvalue weighted by molar-refractivity contribution is -0.133. The van der Waals surface area contributed by atoms with Crippen LogP contribution in [0, 0.1) is 0 Å². The summed E-state index contributed by atoms with van der Waals surface area (Å²) in [5.41, 5.74) is 2.15. The molecule has 0 N–H and O–H groups in total. The molecule has 0 bridgehead atoms. The summed E-state index contributed by atoms with van der Waals surface area (Å²) >= 11 is 0. The molecule has 2 aliphatic heterocycles. The minimum Gasteiger partial charge on any atom is -0.492 e. The molecule has 1 saturated heterocycles. The van der Waals surface area contributed by atoms with Crippen molar-refractivity contribution in [2.75, 3.05) is 26.2 Å². The normalized spacial score (nSPS) is 20.6. The first-order valence-electron chi connectivity index (χ1n) is 8.95. The molecule has 1 atom stereocenters. The summed E-state index contributed by atoms with van der Waals surface area (Å²) in [7, 11) is 0. The molecule has 1 amide bonds. The van der Waals surface area contributed by atoms with E-state index in [-0.39, 0.29) is 11.9 Å². The molecule has 0 spiro atoms. The van der Waals surface area contributed by atoms with Gasteiger partial charge in [-0.2, -0.15) is 0 Å². The van der Waals surface area contributed by atoms with Crippen LogP contribution in [-0.2, 0) is 11.3 Å². The molecule has 1 unspecified atom stereocenters. The molecule has 1 aromatic carbocycles. The van der Waals surface area contributed by atoms with Gasteiger partial charge in [0.15, 0.2) is 0 Å². The van der Waals surface area contributed by atoms with E-state index >= 15 is 0 Å². The minimum atomic E-state index is 0.115. The van der Waals surface area contributed by atoms with Crippen molar-refractivity contribution in [3.8, 4) is 5.75 Å². The van der Waals surface area contributed by atoms with E-state index < -0.39 is 0 Å². The van der Waals surface area contributed by atoms with Gasteiger partial charge in [-0.3, -0.25) is 14.7 Å². The van der Waals surface area contributed by atoms with Crippen molar-refractivity contribution in [3.63, 3.8) is 0 Å². The quantitative estimate of drug-likeness (QED) is 0.864. The second-order valence-corrected chi connectivity index (χ2v) is 6.67. The first-order chi connectivity index (χ1) is 12.3. The van der Waals surface area contributed by atoms with E-state index in [1.54, 1.807) is 6.20 Å². The Morgan fingerprint density at radius 2 is 2.04 bits per heavy atom. The average molecular weight is 337 g/mol. The average Bonchev–Trinajstić information content (AvgIpc) is 3.05. The summed E-state index contributed by atoms with van der Waals surface area (Å²) in [6, 6.07) is 14.1. The number of benzene rings is 1. The van der Waals surface area contributed by atoms with Crippen LogP contribution in [0.15, 0.2) is 48.7 Å². The number of hydrogen-bond donors (Lipinski definition) is 0. The molecule has 1 aromatic heterocycles. The van der Waals surface area contributed by atoms with E-state index in [0.717, 1.165) is 49.5 Å². The van der Waals surface area contributed by atoms with Gasteiger partial charge in [0.05, 0.1) is 18.3 Å². The van der Waals surface area contributed by atoms with Crippen LogP contribution in [-0.4, -0.2) is 46.9 Å². The van der Waals surface area contributed by atoms with Crippen molar-refractivity contribution < 1.29 is 9.53 Å². The van der Waals surface area contributed by atoms with E-state index in [4.69, 9.17) is 4.74 Å². The standard InChI is InChI=1S/C20H23N3O2/c24-20(23-11-5-8-18(23)17-7-3-4-10-21-17)15-22-12-13-25-19-9-2-1-6-16(19)14-22/h1-4,6-7,9-10,18H,5,8,11-15H2. The minimum absolute atomic E-state index is 0.115.